The number of rotatable bonds is 6. The van der Waals surface area contributed by atoms with E-state index in [-0.39, 0.29) is 34.5 Å². The molecule has 1 fully saturated rings. The zero-order valence-electron chi connectivity index (χ0n) is 18.3. The molecule has 0 atom stereocenters. The fourth-order valence-electron chi connectivity index (χ4n) is 3.77. The van der Waals surface area contributed by atoms with Gasteiger partial charge in [-0.25, -0.2) is 0 Å². The van der Waals surface area contributed by atoms with Gasteiger partial charge in [0.2, 0.25) is 17.2 Å². The molecule has 1 aliphatic rings. The van der Waals surface area contributed by atoms with Crippen LogP contribution in [0.4, 0.5) is 11.4 Å². The Labute approximate surface area is 203 Å². The summed E-state index contributed by atoms with van der Waals surface area (Å²) in [4.78, 5) is 36.4. The van der Waals surface area contributed by atoms with Crippen molar-refractivity contribution in [3.05, 3.63) is 79.7 Å². The molecule has 4 rings (SSSR count). The lowest BCUT2D eigenvalue weighted by molar-refractivity contribution is -0.384. The second-order valence-electron chi connectivity index (χ2n) is 7.87. The summed E-state index contributed by atoms with van der Waals surface area (Å²) in [5.41, 5.74) is 0.406. The van der Waals surface area contributed by atoms with E-state index in [1.54, 1.807) is 49.6 Å². The molecule has 10 heteroatoms. The summed E-state index contributed by atoms with van der Waals surface area (Å²) in [5, 5.41) is 15.0. The number of nitro benzene ring substituents is 1. The van der Waals surface area contributed by atoms with Gasteiger partial charge in [-0.15, -0.1) is 0 Å². The highest BCUT2D eigenvalue weighted by molar-refractivity contribution is 9.10. The molecular weight excluding hydrogens is 506 g/mol. The van der Waals surface area contributed by atoms with Crippen molar-refractivity contribution in [1.29, 1.82) is 0 Å². The molecule has 0 radical (unpaired) electrons. The first-order valence-corrected chi connectivity index (χ1v) is 11.4. The number of nitrogens with one attached hydrogen (secondary N) is 1. The predicted molar refractivity (Wildman–Crippen MR) is 130 cm³/mol. The van der Waals surface area contributed by atoms with E-state index >= 15 is 0 Å². The Bertz CT molecular complexity index is 1300. The number of nitro groups is 1. The van der Waals surface area contributed by atoms with Gasteiger partial charge in [0, 0.05) is 49.6 Å². The van der Waals surface area contributed by atoms with Gasteiger partial charge in [-0.1, -0.05) is 12.1 Å². The number of carbonyl (C=O) groups is 1. The average Bonchev–Trinajstić information content (AvgIpc) is 2.83. The summed E-state index contributed by atoms with van der Waals surface area (Å²) in [6.45, 7) is 0.949. The van der Waals surface area contributed by atoms with Crippen LogP contribution in [0.25, 0.3) is 11.1 Å². The number of ether oxygens (including phenoxy) is 2. The zero-order chi connectivity index (χ0) is 24.2. The van der Waals surface area contributed by atoms with Crippen molar-refractivity contribution in [2.45, 2.75) is 12.8 Å². The summed E-state index contributed by atoms with van der Waals surface area (Å²) in [6, 6.07) is 13.0. The molecule has 34 heavy (non-hydrogen) atoms. The Morgan fingerprint density at radius 2 is 1.91 bits per heavy atom. The van der Waals surface area contributed by atoms with Crippen LogP contribution in [-0.4, -0.2) is 28.6 Å². The zero-order valence-corrected chi connectivity index (χ0v) is 19.9. The molecular formula is C24H22BrN3O6. The lowest BCUT2D eigenvalue weighted by atomic mass is 9.99. The number of amides is 1. The molecule has 0 saturated carbocycles. The van der Waals surface area contributed by atoms with E-state index in [9.17, 15) is 19.7 Å². The van der Waals surface area contributed by atoms with Gasteiger partial charge in [0.25, 0.3) is 0 Å². The van der Waals surface area contributed by atoms with Gasteiger partial charge in [0.15, 0.2) is 0 Å². The first kappa shape index (κ1) is 23.7. The van der Waals surface area contributed by atoms with E-state index in [4.69, 9.17) is 9.47 Å². The van der Waals surface area contributed by atoms with E-state index in [0.29, 0.717) is 47.4 Å². The van der Waals surface area contributed by atoms with Crippen molar-refractivity contribution in [2.24, 2.45) is 13.0 Å². The number of anilines is 1. The summed E-state index contributed by atoms with van der Waals surface area (Å²) in [7, 11) is 1.59. The van der Waals surface area contributed by atoms with Gasteiger partial charge < -0.3 is 19.4 Å². The Kier molecular flexibility index (Phi) is 7.09. The number of para-hydroxylation sites is 1. The molecule has 3 aromatic rings. The van der Waals surface area contributed by atoms with Gasteiger partial charge in [-0.05, 0) is 59.1 Å². The molecule has 1 N–H and O–H groups in total. The lowest BCUT2D eigenvalue weighted by Gasteiger charge is -2.21. The Morgan fingerprint density at radius 3 is 2.59 bits per heavy atom. The van der Waals surface area contributed by atoms with E-state index in [0.717, 1.165) is 0 Å². The van der Waals surface area contributed by atoms with Crippen molar-refractivity contribution in [2.75, 3.05) is 18.5 Å². The fraction of sp³-hybridized carbons (Fsp3) is 0.250. The number of pyridine rings is 1. The Balaban J connectivity index is 1.84. The van der Waals surface area contributed by atoms with Crippen LogP contribution in [0.3, 0.4) is 0 Å². The summed E-state index contributed by atoms with van der Waals surface area (Å²) < 4.78 is 13.4. The molecule has 0 aliphatic carbocycles. The number of aromatic nitrogens is 1. The molecule has 0 unspecified atom stereocenters. The Morgan fingerprint density at radius 1 is 1.18 bits per heavy atom. The van der Waals surface area contributed by atoms with E-state index < -0.39 is 4.92 Å². The monoisotopic (exact) mass is 527 g/mol. The first-order chi connectivity index (χ1) is 16.3. The molecule has 1 aliphatic heterocycles. The van der Waals surface area contributed by atoms with Gasteiger partial charge in [-0.2, -0.15) is 0 Å². The van der Waals surface area contributed by atoms with Crippen LogP contribution < -0.4 is 15.6 Å². The van der Waals surface area contributed by atoms with Crippen LogP contribution in [0.15, 0.2) is 64.0 Å². The number of carbonyl (C=O) groups excluding carboxylic acids is 1. The van der Waals surface area contributed by atoms with E-state index in [1.807, 2.05) is 0 Å². The van der Waals surface area contributed by atoms with Crippen LogP contribution in [0.1, 0.15) is 12.8 Å². The third kappa shape index (κ3) is 5.02. The van der Waals surface area contributed by atoms with E-state index in [2.05, 4.69) is 21.2 Å². The number of nitrogens with zero attached hydrogens (tertiary/aromatic N) is 2. The summed E-state index contributed by atoms with van der Waals surface area (Å²) >= 11 is 3.41. The highest BCUT2D eigenvalue weighted by Crippen LogP contribution is 2.46. The predicted octanol–water partition coefficient (Wildman–Crippen LogP) is 4.88. The standard InChI is InChI=1S/C24H22BrN3O6/c1-27-14-16(6-9-21(27)29)17-7-8-19(26-24(30)15-10-12-33-13-11-15)22(28(31)32)23(17)34-20-5-3-2-4-18(20)25/h2-9,14-15H,10-13H2,1H3,(H,26,30). The van der Waals surface area contributed by atoms with Crippen LogP contribution in [-0.2, 0) is 16.6 Å². The number of aryl methyl sites for hydroxylation is 1. The number of hydrogen-bond acceptors (Lipinski definition) is 6. The molecule has 1 saturated heterocycles. The summed E-state index contributed by atoms with van der Waals surface area (Å²) in [6.07, 6.45) is 2.68. The maximum atomic E-state index is 12.8. The normalized spacial score (nSPS) is 13.9. The van der Waals surface area contributed by atoms with Crippen molar-refractivity contribution >= 4 is 33.2 Å². The number of hydrogen-bond donors (Lipinski definition) is 1. The SMILES string of the molecule is Cn1cc(-c2ccc(NC(=O)C3CCOCC3)c([N+](=O)[O-])c2Oc2ccccc2Br)ccc1=O. The van der Waals surface area contributed by atoms with Crippen molar-refractivity contribution in [1.82, 2.24) is 4.57 Å². The maximum absolute atomic E-state index is 12.8. The van der Waals surface area contributed by atoms with Crippen LogP contribution in [0, 0.1) is 16.0 Å². The van der Waals surface area contributed by atoms with Crippen LogP contribution in [0.2, 0.25) is 0 Å². The van der Waals surface area contributed by atoms with Crippen molar-refractivity contribution in [3.8, 4) is 22.6 Å². The minimum atomic E-state index is -0.572. The molecule has 2 heterocycles. The second kappa shape index (κ2) is 10.2. The highest BCUT2D eigenvalue weighted by atomic mass is 79.9. The van der Waals surface area contributed by atoms with E-state index in [1.165, 1.54) is 16.7 Å². The lowest BCUT2D eigenvalue weighted by Crippen LogP contribution is -2.28. The Hall–Kier alpha value is -3.50. The molecule has 2 aromatic carbocycles. The van der Waals surface area contributed by atoms with Crippen LogP contribution >= 0.6 is 15.9 Å². The highest BCUT2D eigenvalue weighted by Gasteiger charge is 2.30. The molecule has 176 valence electrons. The number of benzene rings is 2. The molecule has 0 bridgehead atoms. The van der Waals surface area contributed by atoms with Gasteiger partial charge in [0.05, 0.1) is 9.40 Å². The smallest absolute Gasteiger partial charge is 0.335 e. The average molecular weight is 528 g/mol. The molecule has 9 nitrogen and oxygen atoms in total. The minimum absolute atomic E-state index is 0.0390. The van der Waals surface area contributed by atoms with Gasteiger partial charge in [0.1, 0.15) is 11.4 Å². The third-order valence-electron chi connectivity index (χ3n) is 5.61. The first-order valence-electron chi connectivity index (χ1n) is 10.6. The topological polar surface area (TPSA) is 113 Å². The number of halogens is 1. The quantitative estimate of drug-likeness (QED) is 0.361. The van der Waals surface area contributed by atoms with Crippen LogP contribution in [0.5, 0.6) is 11.5 Å². The van der Waals surface area contributed by atoms with Crippen molar-refractivity contribution < 1.29 is 19.2 Å². The minimum Gasteiger partial charge on any atom is -0.448 e. The molecule has 1 amide bonds. The molecule has 0 spiro atoms. The third-order valence-corrected chi connectivity index (χ3v) is 6.26. The van der Waals surface area contributed by atoms with Crippen molar-refractivity contribution in [3.63, 3.8) is 0 Å². The largest absolute Gasteiger partial charge is 0.448 e. The maximum Gasteiger partial charge on any atom is 0.335 e. The molecule has 1 aromatic heterocycles. The summed E-state index contributed by atoms with van der Waals surface area (Å²) in [5.74, 6) is -0.262. The van der Waals surface area contributed by atoms with Gasteiger partial charge in [-0.3, -0.25) is 19.7 Å². The van der Waals surface area contributed by atoms with Gasteiger partial charge >= 0.3 is 5.69 Å². The second-order valence-corrected chi connectivity index (χ2v) is 8.73. The fourth-order valence-corrected chi connectivity index (χ4v) is 4.13.